The summed E-state index contributed by atoms with van der Waals surface area (Å²) < 4.78 is 6.87. The van der Waals surface area contributed by atoms with E-state index in [1.807, 2.05) is 24.3 Å². The molecule has 0 saturated carbocycles. The van der Waals surface area contributed by atoms with E-state index in [9.17, 15) is 14.4 Å². The second kappa shape index (κ2) is 5.90. The van der Waals surface area contributed by atoms with Crippen molar-refractivity contribution in [1.82, 2.24) is 4.40 Å². The van der Waals surface area contributed by atoms with Crippen LogP contribution in [0, 0.1) is 0 Å². The Hall–Kier alpha value is -3.41. The molecule has 0 bridgehead atoms. The molecule has 3 heterocycles. The Morgan fingerprint density at radius 3 is 2.88 bits per heavy atom. The number of carbonyl (C=O) groups excluding carboxylic acids is 3. The summed E-state index contributed by atoms with van der Waals surface area (Å²) in [6.07, 6.45) is 2.02. The van der Waals surface area contributed by atoms with Crippen LogP contribution in [0.25, 0.3) is 5.52 Å². The van der Waals surface area contributed by atoms with Crippen LogP contribution in [0.1, 0.15) is 26.4 Å². The number of esters is 1. The van der Waals surface area contributed by atoms with Gasteiger partial charge in [-0.15, -0.1) is 0 Å². The molecule has 2 aromatic heterocycles. The van der Waals surface area contributed by atoms with E-state index in [-0.39, 0.29) is 24.7 Å². The lowest BCUT2D eigenvalue weighted by molar-refractivity contribution is -0.115. The van der Waals surface area contributed by atoms with Crippen LogP contribution < -0.4 is 5.32 Å². The molecule has 1 aromatic carbocycles. The van der Waals surface area contributed by atoms with Gasteiger partial charge in [-0.3, -0.25) is 9.59 Å². The monoisotopic (exact) mass is 334 g/mol. The molecule has 1 amide bonds. The predicted molar refractivity (Wildman–Crippen MR) is 90.8 cm³/mol. The van der Waals surface area contributed by atoms with Crippen molar-refractivity contribution in [2.75, 3.05) is 11.9 Å². The third-order valence-corrected chi connectivity index (χ3v) is 4.16. The van der Waals surface area contributed by atoms with Crippen LogP contribution in [0.2, 0.25) is 0 Å². The molecule has 0 aliphatic carbocycles. The van der Waals surface area contributed by atoms with E-state index >= 15 is 0 Å². The number of aromatic nitrogens is 1. The lowest BCUT2D eigenvalue weighted by Crippen LogP contribution is -2.15. The molecular formula is C19H14N2O4. The van der Waals surface area contributed by atoms with E-state index in [0.717, 1.165) is 16.8 Å². The van der Waals surface area contributed by atoms with Crippen molar-refractivity contribution in [2.24, 2.45) is 0 Å². The van der Waals surface area contributed by atoms with E-state index < -0.39 is 5.97 Å². The molecule has 0 saturated heterocycles. The van der Waals surface area contributed by atoms with Crippen LogP contribution in [0.3, 0.4) is 0 Å². The molecule has 0 fully saturated rings. The Morgan fingerprint density at radius 2 is 2.00 bits per heavy atom. The van der Waals surface area contributed by atoms with Gasteiger partial charge < -0.3 is 14.5 Å². The number of amides is 1. The molecule has 124 valence electrons. The first kappa shape index (κ1) is 15.1. The van der Waals surface area contributed by atoms with Gasteiger partial charge in [-0.25, -0.2) is 4.79 Å². The third-order valence-electron chi connectivity index (χ3n) is 4.16. The first-order valence-corrected chi connectivity index (χ1v) is 7.81. The third kappa shape index (κ3) is 2.78. The number of ketones is 1. The lowest BCUT2D eigenvalue weighted by Gasteiger charge is -2.06. The van der Waals surface area contributed by atoms with Crippen molar-refractivity contribution in [3.63, 3.8) is 0 Å². The fourth-order valence-electron chi connectivity index (χ4n) is 2.91. The van der Waals surface area contributed by atoms with Crippen molar-refractivity contribution >= 4 is 28.9 Å². The first-order chi connectivity index (χ1) is 12.1. The zero-order valence-corrected chi connectivity index (χ0v) is 13.2. The molecule has 4 rings (SSSR count). The summed E-state index contributed by atoms with van der Waals surface area (Å²) in [6, 6.07) is 14.0. The van der Waals surface area contributed by atoms with E-state index in [4.69, 9.17) is 4.74 Å². The topological polar surface area (TPSA) is 76.9 Å². The average Bonchev–Trinajstić information content (AvgIpc) is 3.21. The highest BCUT2D eigenvalue weighted by Gasteiger charge is 2.20. The number of ether oxygens (including phenoxy) is 1. The highest BCUT2D eigenvalue weighted by Crippen LogP contribution is 2.24. The smallest absolute Gasteiger partial charge is 0.355 e. The number of hydrogen-bond donors (Lipinski definition) is 1. The highest BCUT2D eigenvalue weighted by atomic mass is 16.5. The minimum absolute atomic E-state index is 0.0915. The van der Waals surface area contributed by atoms with Crippen molar-refractivity contribution in [3.05, 3.63) is 71.5 Å². The van der Waals surface area contributed by atoms with E-state index in [1.165, 1.54) is 0 Å². The van der Waals surface area contributed by atoms with Gasteiger partial charge in [-0.2, -0.15) is 0 Å². The Kier molecular flexibility index (Phi) is 3.57. The molecule has 6 heteroatoms. The molecule has 0 unspecified atom stereocenters. The standard InChI is InChI=1S/C19H14N2O4/c22-17(12-4-6-15-13(9-12)10-18(23)20-15)11-25-19(24)16-7-5-14-3-1-2-8-21(14)16/h1-9H,10-11H2,(H,20,23). The van der Waals surface area contributed by atoms with Crippen LogP contribution in [0.4, 0.5) is 5.69 Å². The van der Waals surface area contributed by atoms with Gasteiger partial charge in [0, 0.05) is 23.0 Å². The first-order valence-electron chi connectivity index (χ1n) is 7.81. The maximum absolute atomic E-state index is 12.3. The maximum atomic E-state index is 12.3. The quantitative estimate of drug-likeness (QED) is 0.587. The van der Waals surface area contributed by atoms with Crippen LogP contribution in [0.5, 0.6) is 0 Å². The number of anilines is 1. The molecule has 0 spiro atoms. The summed E-state index contributed by atoms with van der Waals surface area (Å²) in [7, 11) is 0. The van der Waals surface area contributed by atoms with Crippen molar-refractivity contribution in [1.29, 1.82) is 0 Å². The number of pyridine rings is 1. The summed E-state index contributed by atoms with van der Waals surface area (Å²) >= 11 is 0. The van der Waals surface area contributed by atoms with Crippen LogP contribution in [0.15, 0.2) is 54.7 Å². The Labute approximate surface area is 143 Å². The van der Waals surface area contributed by atoms with Crippen molar-refractivity contribution in [3.8, 4) is 0 Å². The SMILES string of the molecule is O=C1Cc2cc(C(=O)COC(=O)c3ccc4ccccn34)ccc2N1. The van der Waals surface area contributed by atoms with Gasteiger partial charge in [0.2, 0.25) is 5.91 Å². The van der Waals surface area contributed by atoms with Crippen LogP contribution >= 0.6 is 0 Å². The predicted octanol–water partition coefficient (Wildman–Crippen LogP) is 2.47. The number of rotatable bonds is 4. The number of Topliss-reactive ketones (excluding diaryl/α,β-unsaturated/α-hetero) is 1. The second-order valence-electron chi connectivity index (χ2n) is 5.81. The molecule has 25 heavy (non-hydrogen) atoms. The van der Waals surface area contributed by atoms with Gasteiger partial charge in [-0.1, -0.05) is 6.07 Å². The summed E-state index contributed by atoms with van der Waals surface area (Å²) in [6.45, 7) is -0.348. The number of nitrogens with zero attached hydrogens (tertiary/aromatic N) is 1. The van der Waals surface area contributed by atoms with E-state index in [0.29, 0.717) is 11.3 Å². The van der Waals surface area contributed by atoms with E-state index in [2.05, 4.69) is 5.32 Å². The minimum Gasteiger partial charge on any atom is -0.453 e. The average molecular weight is 334 g/mol. The molecular weight excluding hydrogens is 320 g/mol. The number of benzene rings is 1. The highest BCUT2D eigenvalue weighted by molar-refractivity contribution is 6.03. The molecule has 1 aliphatic rings. The molecule has 1 aliphatic heterocycles. The van der Waals surface area contributed by atoms with Gasteiger partial charge in [-0.05, 0) is 48.0 Å². The van der Waals surface area contributed by atoms with Crippen LogP contribution in [-0.4, -0.2) is 28.7 Å². The van der Waals surface area contributed by atoms with Gasteiger partial charge in [0.15, 0.2) is 12.4 Å². The fourth-order valence-corrected chi connectivity index (χ4v) is 2.91. The molecule has 0 atom stereocenters. The largest absolute Gasteiger partial charge is 0.453 e. The number of hydrogen-bond acceptors (Lipinski definition) is 4. The molecule has 6 nitrogen and oxygen atoms in total. The van der Waals surface area contributed by atoms with Crippen molar-refractivity contribution in [2.45, 2.75) is 6.42 Å². The lowest BCUT2D eigenvalue weighted by atomic mass is 10.1. The molecule has 1 N–H and O–H groups in total. The normalized spacial score (nSPS) is 12.7. The van der Waals surface area contributed by atoms with Gasteiger partial charge in [0.25, 0.3) is 0 Å². The summed E-state index contributed by atoms with van der Waals surface area (Å²) in [5.74, 6) is -0.958. The second-order valence-corrected chi connectivity index (χ2v) is 5.81. The van der Waals surface area contributed by atoms with Crippen molar-refractivity contribution < 1.29 is 19.1 Å². The van der Waals surface area contributed by atoms with Gasteiger partial charge in [0.05, 0.1) is 6.42 Å². The Balaban J connectivity index is 1.46. The van der Waals surface area contributed by atoms with Gasteiger partial charge in [0.1, 0.15) is 5.69 Å². The summed E-state index contributed by atoms with van der Waals surface area (Å²) in [5, 5.41) is 2.71. The number of fused-ring (bicyclic) bond motifs is 2. The summed E-state index contributed by atoms with van der Waals surface area (Å²) in [4.78, 5) is 35.9. The van der Waals surface area contributed by atoms with Crippen LogP contribution in [-0.2, 0) is 16.0 Å². The Morgan fingerprint density at radius 1 is 1.12 bits per heavy atom. The summed E-state index contributed by atoms with van der Waals surface area (Å²) in [5.41, 5.74) is 3.16. The number of nitrogens with one attached hydrogen (secondary N) is 1. The van der Waals surface area contributed by atoms with E-state index in [1.54, 1.807) is 34.9 Å². The molecule has 3 aromatic rings. The maximum Gasteiger partial charge on any atom is 0.355 e. The molecule has 0 radical (unpaired) electrons. The zero-order chi connectivity index (χ0) is 17.4. The van der Waals surface area contributed by atoms with Gasteiger partial charge >= 0.3 is 5.97 Å². The number of carbonyl (C=O) groups is 3. The minimum atomic E-state index is -0.558. The Bertz CT molecular complexity index is 1020. The fraction of sp³-hybridized carbons (Fsp3) is 0.105. The zero-order valence-electron chi connectivity index (χ0n) is 13.2.